The average Bonchev–Trinajstić information content (AvgIpc) is 2.40. The van der Waals surface area contributed by atoms with Crippen LogP contribution in [0.3, 0.4) is 0 Å². The van der Waals surface area contributed by atoms with E-state index in [2.05, 4.69) is 0 Å². The first kappa shape index (κ1) is 18.2. The number of rotatable bonds is 13. The fourth-order valence-corrected chi connectivity index (χ4v) is 5.13. The monoisotopic (exact) mass is 302 g/mol. The Labute approximate surface area is 113 Å². The van der Waals surface area contributed by atoms with Crippen LogP contribution in [0.25, 0.3) is 0 Å². The molecular formula is C12H26F4Si2. The Morgan fingerprint density at radius 3 is 1.39 bits per heavy atom. The van der Waals surface area contributed by atoms with Crippen LogP contribution < -0.4 is 0 Å². The van der Waals surface area contributed by atoms with Gasteiger partial charge in [-0.3, -0.25) is 0 Å². The van der Waals surface area contributed by atoms with Crippen molar-refractivity contribution in [1.82, 2.24) is 0 Å². The van der Waals surface area contributed by atoms with E-state index in [0.717, 1.165) is 37.8 Å². The molecule has 0 saturated carbocycles. The van der Waals surface area contributed by atoms with Crippen LogP contribution in [0.4, 0.5) is 17.6 Å². The van der Waals surface area contributed by atoms with Gasteiger partial charge in [0, 0.05) is 19.0 Å². The minimum absolute atomic E-state index is 0.403. The van der Waals surface area contributed by atoms with E-state index < -0.39 is 44.7 Å². The summed E-state index contributed by atoms with van der Waals surface area (Å²) in [6.07, 6.45) is 2.12. The van der Waals surface area contributed by atoms with Crippen molar-refractivity contribution in [3.05, 3.63) is 0 Å². The molecule has 0 aliphatic rings. The quantitative estimate of drug-likeness (QED) is 0.278. The van der Waals surface area contributed by atoms with E-state index in [-0.39, 0.29) is 0 Å². The molecule has 0 aliphatic carbocycles. The van der Waals surface area contributed by atoms with Crippen molar-refractivity contribution >= 4 is 19.0 Å². The molecular weight excluding hydrogens is 276 g/mol. The lowest BCUT2D eigenvalue weighted by Gasteiger charge is -2.04. The Morgan fingerprint density at radius 1 is 0.667 bits per heavy atom. The molecule has 110 valence electrons. The van der Waals surface area contributed by atoms with Crippen molar-refractivity contribution in [2.24, 2.45) is 0 Å². The molecule has 0 saturated heterocycles. The predicted octanol–water partition coefficient (Wildman–Crippen LogP) is 3.17. The van der Waals surface area contributed by atoms with Gasteiger partial charge in [-0.15, -0.1) is 0 Å². The van der Waals surface area contributed by atoms with Crippen molar-refractivity contribution in [1.29, 1.82) is 0 Å². The van der Waals surface area contributed by atoms with Crippen molar-refractivity contribution in [2.45, 2.75) is 62.2 Å². The zero-order chi connectivity index (χ0) is 13.6. The molecule has 0 fully saturated rings. The van der Waals surface area contributed by atoms with Crippen LogP contribution in [-0.2, 0) is 0 Å². The number of hydrogen-bond donors (Lipinski definition) is 0. The van der Waals surface area contributed by atoms with Crippen molar-refractivity contribution < 1.29 is 17.6 Å². The fraction of sp³-hybridized carbons (Fsp3) is 1.00. The van der Waals surface area contributed by atoms with Crippen LogP contribution in [0, 0.1) is 0 Å². The molecule has 0 bridgehead atoms. The molecule has 18 heavy (non-hydrogen) atoms. The van der Waals surface area contributed by atoms with Gasteiger partial charge in [0.25, 0.3) is 0 Å². The van der Waals surface area contributed by atoms with E-state index in [9.17, 15) is 17.6 Å². The molecule has 0 aromatic rings. The molecule has 6 heteroatoms. The summed E-state index contributed by atoms with van der Waals surface area (Å²) in [6.45, 7) is -1.65. The Hall–Kier alpha value is 0.154. The van der Waals surface area contributed by atoms with Gasteiger partial charge >= 0.3 is 0 Å². The third-order valence-electron chi connectivity index (χ3n) is 3.12. The van der Waals surface area contributed by atoms with Crippen LogP contribution in [0.5, 0.6) is 0 Å². The van der Waals surface area contributed by atoms with Crippen LogP contribution in [0.2, 0.25) is 24.2 Å². The highest BCUT2D eigenvalue weighted by atomic mass is 28.2. The maximum Gasteiger partial charge on any atom is 0.126 e. The van der Waals surface area contributed by atoms with Crippen molar-refractivity contribution in [3.63, 3.8) is 0 Å². The predicted molar refractivity (Wildman–Crippen MR) is 76.5 cm³/mol. The van der Waals surface area contributed by atoms with Crippen LogP contribution >= 0.6 is 0 Å². The lowest BCUT2D eigenvalue weighted by molar-refractivity contribution is 0.281. The highest BCUT2D eigenvalue weighted by Crippen LogP contribution is 2.09. The summed E-state index contributed by atoms with van der Waals surface area (Å²) in [5, 5.41) is 0. The molecule has 0 radical (unpaired) electrons. The molecule has 0 nitrogen and oxygen atoms in total. The van der Waals surface area contributed by atoms with Crippen molar-refractivity contribution in [2.75, 3.05) is 13.3 Å². The third kappa shape index (κ3) is 12.6. The van der Waals surface area contributed by atoms with Gasteiger partial charge in [-0.2, -0.15) is 0 Å². The van der Waals surface area contributed by atoms with Crippen LogP contribution in [0.15, 0.2) is 0 Å². The minimum atomic E-state index is -1.22. The molecule has 0 heterocycles. The number of alkyl halides is 4. The summed E-state index contributed by atoms with van der Waals surface area (Å²) in [6, 6.07) is 3.16. The molecule has 0 N–H and O–H groups in total. The van der Waals surface area contributed by atoms with Crippen molar-refractivity contribution in [3.8, 4) is 0 Å². The Bertz CT molecular complexity index is 154. The van der Waals surface area contributed by atoms with Gasteiger partial charge in [-0.25, -0.2) is 17.6 Å². The SMILES string of the molecule is FCC(F)C[SiH2]CCCCCC[SiH2]CC(F)CF. The smallest absolute Gasteiger partial charge is 0.126 e. The molecule has 2 atom stereocenters. The highest BCUT2D eigenvalue weighted by molar-refractivity contribution is 6.35. The lowest BCUT2D eigenvalue weighted by Crippen LogP contribution is -2.06. The fourth-order valence-electron chi connectivity index (χ4n) is 1.95. The minimum Gasteiger partial charge on any atom is -0.248 e. The van der Waals surface area contributed by atoms with Gasteiger partial charge in [-0.1, -0.05) is 37.8 Å². The normalized spacial score (nSPS) is 16.0. The first-order chi connectivity index (χ1) is 8.70. The van der Waals surface area contributed by atoms with Gasteiger partial charge in [0.15, 0.2) is 0 Å². The first-order valence-electron chi connectivity index (χ1n) is 7.10. The van der Waals surface area contributed by atoms with E-state index in [4.69, 9.17) is 0 Å². The molecule has 0 aromatic carbocycles. The van der Waals surface area contributed by atoms with E-state index in [1.54, 1.807) is 0 Å². The van der Waals surface area contributed by atoms with E-state index in [1.807, 2.05) is 0 Å². The summed E-state index contributed by atoms with van der Waals surface area (Å²) in [7, 11) is -0.805. The molecule has 0 aliphatic heterocycles. The average molecular weight is 303 g/mol. The van der Waals surface area contributed by atoms with Crippen LogP contribution in [-0.4, -0.2) is 44.7 Å². The second-order valence-electron chi connectivity index (χ2n) is 4.91. The Kier molecular flexibility index (Phi) is 13.7. The Morgan fingerprint density at radius 2 is 1.06 bits per heavy atom. The molecule has 2 unspecified atom stereocenters. The van der Waals surface area contributed by atoms with E-state index in [1.165, 1.54) is 0 Å². The van der Waals surface area contributed by atoms with Gasteiger partial charge < -0.3 is 0 Å². The lowest BCUT2D eigenvalue weighted by atomic mass is 10.2. The summed E-state index contributed by atoms with van der Waals surface area (Å²) >= 11 is 0. The zero-order valence-electron chi connectivity index (χ0n) is 11.2. The standard InChI is InChI=1S/C12H26F4Si2/c13-7-11(15)9-17-5-3-1-2-4-6-18-10-12(16)8-14/h11-12H,1-10,17-18H2. The Balaban J connectivity index is 3.03. The topological polar surface area (TPSA) is 0 Å². The molecule has 0 spiro atoms. The highest BCUT2D eigenvalue weighted by Gasteiger charge is 2.05. The number of halogens is 4. The first-order valence-corrected chi connectivity index (χ1v) is 11.1. The van der Waals surface area contributed by atoms with Gasteiger partial charge in [0.05, 0.1) is 0 Å². The maximum absolute atomic E-state index is 12.5. The molecule has 0 aromatic heterocycles. The van der Waals surface area contributed by atoms with E-state index >= 15 is 0 Å². The summed E-state index contributed by atoms with van der Waals surface area (Å²) in [5.41, 5.74) is 0. The van der Waals surface area contributed by atoms with Crippen LogP contribution in [0.1, 0.15) is 25.7 Å². The number of hydrogen-bond acceptors (Lipinski definition) is 0. The summed E-state index contributed by atoms with van der Waals surface area (Å²) in [4.78, 5) is 0. The van der Waals surface area contributed by atoms with Gasteiger partial charge in [0.1, 0.15) is 25.7 Å². The van der Waals surface area contributed by atoms with Gasteiger partial charge in [0.2, 0.25) is 0 Å². The zero-order valence-corrected chi connectivity index (χ0v) is 14.0. The second-order valence-corrected chi connectivity index (χ2v) is 8.89. The third-order valence-corrected chi connectivity index (χ3v) is 7.19. The number of unbranched alkanes of at least 4 members (excludes halogenated alkanes) is 3. The van der Waals surface area contributed by atoms with Gasteiger partial charge in [-0.05, 0) is 12.1 Å². The maximum atomic E-state index is 12.5. The largest absolute Gasteiger partial charge is 0.248 e. The van der Waals surface area contributed by atoms with E-state index in [0.29, 0.717) is 12.1 Å². The summed E-state index contributed by atoms with van der Waals surface area (Å²) < 4.78 is 48.7. The molecule has 0 rings (SSSR count). The molecule has 0 amide bonds. The second kappa shape index (κ2) is 13.6. The summed E-state index contributed by atoms with van der Waals surface area (Å²) in [5.74, 6) is 0.